The zero-order chi connectivity index (χ0) is 7.68. The Morgan fingerprint density at radius 2 is 1.83 bits per heavy atom. The van der Waals surface area contributed by atoms with Gasteiger partial charge in [0.25, 0.3) is 0 Å². The zero-order valence-corrected chi connectivity index (χ0v) is 12.1. The molecule has 2 radical (unpaired) electrons. The minimum atomic E-state index is 0. The molecule has 0 saturated carbocycles. The predicted octanol–water partition coefficient (Wildman–Crippen LogP) is 1.02. The second-order valence-corrected chi connectivity index (χ2v) is 2.35. The number of rotatable bonds is 0. The van der Waals surface area contributed by atoms with E-state index in [4.69, 9.17) is 0 Å². The molecule has 0 fully saturated rings. The molecule has 1 N–H and O–H groups in total. The number of hydrogen-bond acceptors (Lipinski definition) is 2. The Kier molecular flexibility index (Phi) is 3.02. The molecule has 1 heterocycles. The van der Waals surface area contributed by atoms with Crippen LogP contribution in [0.4, 0.5) is 0 Å². The summed E-state index contributed by atoms with van der Waals surface area (Å²) < 4.78 is 0. The summed E-state index contributed by atoms with van der Waals surface area (Å²) in [5.74, 6) is 0.239. The third kappa shape index (κ3) is 1.57. The van der Waals surface area contributed by atoms with Crippen molar-refractivity contribution in [2.45, 2.75) is 0 Å². The number of benzene rings is 1. The molecule has 2 rings (SSSR count). The number of para-hydroxylation sites is 1. The molecule has 0 saturated heterocycles. The maximum absolute atomic E-state index is 9.31. The first-order valence-electron chi connectivity index (χ1n) is 3.40. The predicted molar refractivity (Wildman–Crippen MR) is 52.0 cm³/mol. The fraction of sp³-hybridized carbons (Fsp3) is 0. The fourth-order valence-electron chi connectivity index (χ4n) is 1.09. The SMILES string of the molecule is Oc1cccc2cccnc12.[PbH2]. The van der Waals surface area contributed by atoms with E-state index in [-0.39, 0.29) is 33.0 Å². The van der Waals surface area contributed by atoms with Gasteiger partial charge in [-0.2, -0.15) is 0 Å². The van der Waals surface area contributed by atoms with Gasteiger partial charge in [0.1, 0.15) is 11.3 Å². The molecule has 0 unspecified atom stereocenters. The monoisotopic (exact) mass is 355 g/mol. The van der Waals surface area contributed by atoms with E-state index in [1.807, 2.05) is 18.2 Å². The second-order valence-electron chi connectivity index (χ2n) is 2.35. The van der Waals surface area contributed by atoms with E-state index in [0.717, 1.165) is 5.39 Å². The molecule has 0 aliphatic rings. The molecular weight excluding hydrogens is 345 g/mol. The van der Waals surface area contributed by atoms with Gasteiger partial charge in [0.15, 0.2) is 0 Å². The Bertz CT molecular complexity index is 384. The third-order valence-corrected chi connectivity index (χ3v) is 1.61. The Morgan fingerprint density at radius 1 is 1.08 bits per heavy atom. The molecule has 0 atom stereocenters. The van der Waals surface area contributed by atoms with Crippen LogP contribution in [0.2, 0.25) is 0 Å². The van der Waals surface area contributed by atoms with E-state index in [1.165, 1.54) is 0 Å². The molecule has 3 heteroatoms. The van der Waals surface area contributed by atoms with Crippen LogP contribution in [0.3, 0.4) is 0 Å². The van der Waals surface area contributed by atoms with E-state index in [0.29, 0.717) is 5.52 Å². The second kappa shape index (κ2) is 3.84. The number of aromatic hydroxyl groups is 1. The van der Waals surface area contributed by atoms with Gasteiger partial charge in [-0.15, -0.1) is 0 Å². The number of pyridine rings is 1. The molecule has 0 amide bonds. The summed E-state index contributed by atoms with van der Waals surface area (Å²) in [5.41, 5.74) is 0.662. The summed E-state index contributed by atoms with van der Waals surface area (Å²) in [4.78, 5) is 4.03. The summed E-state index contributed by atoms with van der Waals surface area (Å²) in [5, 5.41) is 10.3. The van der Waals surface area contributed by atoms with Crippen molar-refractivity contribution in [1.82, 2.24) is 4.98 Å². The molecule has 1 aromatic heterocycles. The van der Waals surface area contributed by atoms with Crippen LogP contribution in [0.5, 0.6) is 5.75 Å². The van der Waals surface area contributed by atoms with Crippen LogP contribution in [-0.4, -0.2) is 37.4 Å². The molecule has 0 aliphatic carbocycles. The van der Waals surface area contributed by atoms with Crippen LogP contribution >= 0.6 is 0 Å². The van der Waals surface area contributed by atoms with Crippen molar-refractivity contribution < 1.29 is 5.11 Å². The first-order valence-corrected chi connectivity index (χ1v) is 3.40. The molecule has 0 aliphatic heterocycles. The van der Waals surface area contributed by atoms with E-state index >= 15 is 0 Å². The number of hydrogen-bond donors (Lipinski definition) is 1. The zero-order valence-electron chi connectivity index (χ0n) is 6.57. The first-order chi connectivity index (χ1) is 5.38. The van der Waals surface area contributed by atoms with Gasteiger partial charge >= 0.3 is 27.3 Å². The van der Waals surface area contributed by atoms with Crippen molar-refractivity contribution in [1.29, 1.82) is 0 Å². The molecule has 0 bridgehead atoms. The van der Waals surface area contributed by atoms with Gasteiger partial charge in [-0.1, -0.05) is 18.2 Å². The molecule has 12 heavy (non-hydrogen) atoms. The normalized spacial score (nSPS) is 9.33. The van der Waals surface area contributed by atoms with Crippen molar-refractivity contribution in [3.63, 3.8) is 0 Å². The summed E-state index contributed by atoms with van der Waals surface area (Å²) in [6, 6.07) is 9.13. The number of phenols is 1. The van der Waals surface area contributed by atoms with E-state index in [9.17, 15) is 5.11 Å². The van der Waals surface area contributed by atoms with Gasteiger partial charge in [0.05, 0.1) is 0 Å². The van der Waals surface area contributed by atoms with Gasteiger partial charge < -0.3 is 5.11 Å². The van der Waals surface area contributed by atoms with E-state index in [2.05, 4.69) is 4.98 Å². The van der Waals surface area contributed by atoms with Crippen LogP contribution in [-0.2, 0) is 0 Å². The molecule has 2 nitrogen and oxygen atoms in total. The third-order valence-electron chi connectivity index (χ3n) is 1.61. The Morgan fingerprint density at radius 3 is 2.58 bits per heavy atom. The van der Waals surface area contributed by atoms with Crippen LogP contribution in [0.25, 0.3) is 10.9 Å². The molecule has 0 spiro atoms. The molecule has 1 aromatic carbocycles. The Labute approximate surface area is 90.4 Å². The summed E-state index contributed by atoms with van der Waals surface area (Å²) >= 11 is 0. The minimum absolute atomic E-state index is 0. The quantitative estimate of drug-likeness (QED) is 0.717. The summed E-state index contributed by atoms with van der Waals surface area (Å²) in [6.07, 6.45) is 1.67. The fourth-order valence-corrected chi connectivity index (χ4v) is 1.09. The number of fused-ring (bicyclic) bond motifs is 1. The van der Waals surface area contributed by atoms with Crippen LogP contribution in [0, 0.1) is 0 Å². The van der Waals surface area contributed by atoms with E-state index in [1.54, 1.807) is 18.3 Å². The van der Waals surface area contributed by atoms with Crippen molar-refractivity contribution in [3.05, 3.63) is 36.5 Å². The standard InChI is InChI=1S/C9H7NO.Pb.2H/c11-8-5-1-3-7-4-2-6-10-9(7)8;;;/h1-6,11H;;;. The topological polar surface area (TPSA) is 33.1 Å². The molecule has 60 valence electrons. The summed E-state index contributed by atoms with van der Waals surface area (Å²) in [7, 11) is 0. The van der Waals surface area contributed by atoms with Crippen LogP contribution < -0.4 is 0 Å². The maximum atomic E-state index is 9.31. The first kappa shape index (κ1) is 9.44. The van der Waals surface area contributed by atoms with Gasteiger partial charge in [0, 0.05) is 11.6 Å². The van der Waals surface area contributed by atoms with Gasteiger partial charge in [-0.25, -0.2) is 0 Å². The van der Waals surface area contributed by atoms with Crippen LogP contribution in [0.1, 0.15) is 0 Å². The average molecular weight is 354 g/mol. The Hall–Kier alpha value is -0.648. The Balaban J connectivity index is 0.000000720. The van der Waals surface area contributed by atoms with E-state index < -0.39 is 0 Å². The number of nitrogens with zero attached hydrogens (tertiary/aromatic N) is 1. The average Bonchev–Trinajstić information content (AvgIpc) is 2.06. The molecular formula is C9H9NOPb. The van der Waals surface area contributed by atoms with Gasteiger partial charge in [-0.3, -0.25) is 4.98 Å². The number of aromatic nitrogens is 1. The van der Waals surface area contributed by atoms with Gasteiger partial charge in [-0.05, 0) is 12.1 Å². The summed E-state index contributed by atoms with van der Waals surface area (Å²) in [6.45, 7) is 0. The van der Waals surface area contributed by atoms with Crippen molar-refractivity contribution in [2.75, 3.05) is 0 Å². The molecule has 2 aromatic rings. The van der Waals surface area contributed by atoms with Crippen LogP contribution in [0.15, 0.2) is 36.5 Å². The number of phenolic OH excluding ortho intramolecular Hbond substituents is 1. The van der Waals surface area contributed by atoms with Gasteiger partial charge in [0.2, 0.25) is 0 Å². The van der Waals surface area contributed by atoms with Crippen molar-refractivity contribution in [3.8, 4) is 5.75 Å². The van der Waals surface area contributed by atoms with Crippen molar-refractivity contribution in [2.24, 2.45) is 0 Å². The van der Waals surface area contributed by atoms with Crippen molar-refractivity contribution >= 4 is 38.2 Å².